The molecule has 1 aliphatic heterocycles. The van der Waals surface area contributed by atoms with Crippen LogP contribution in [0.1, 0.15) is 16.7 Å². The number of nitrogens with zero attached hydrogens (tertiary/aromatic N) is 1. The SMILES string of the molecule is COc1ccc(CN2C(=O)Cc3cc(C)ccc32)cc1F. The Labute approximate surface area is 123 Å². The van der Waals surface area contributed by atoms with E-state index in [-0.39, 0.29) is 11.7 Å². The predicted octanol–water partition coefficient (Wildman–Crippen LogP) is 3.23. The van der Waals surface area contributed by atoms with Gasteiger partial charge in [0, 0.05) is 5.69 Å². The number of hydrogen-bond acceptors (Lipinski definition) is 2. The lowest BCUT2D eigenvalue weighted by atomic mass is 10.1. The minimum absolute atomic E-state index is 0.0480. The molecule has 0 fully saturated rings. The van der Waals surface area contributed by atoms with Crippen molar-refractivity contribution in [3.05, 3.63) is 58.9 Å². The summed E-state index contributed by atoms with van der Waals surface area (Å²) in [6, 6.07) is 10.7. The number of carbonyl (C=O) groups is 1. The first-order valence-corrected chi connectivity index (χ1v) is 6.81. The van der Waals surface area contributed by atoms with E-state index in [0.717, 1.165) is 22.4 Å². The van der Waals surface area contributed by atoms with E-state index < -0.39 is 5.82 Å². The third-order valence-corrected chi connectivity index (χ3v) is 3.73. The lowest BCUT2D eigenvalue weighted by Crippen LogP contribution is -2.26. The zero-order valence-electron chi connectivity index (χ0n) is 12.0. The van der Waals surface area contributed by atoms with Crippen molar-refractivity contribution >= 4 is 11.6 Å². The molecule has 0 radical (unpaired) electrons. The van der Waals surface area contributed by atoms with Gasteiger partial charge in [0.1, 0.15) is 0 Å². The van der Waals surface area contributed by atoms with Gasteiger partial charge >= 0.3 is 0 Å². The molecule has 0 aliphatic carbocycles. The van der Waals surface area contributed by atoms with Crippen LogP contribution in [-0.2, 0) is 17.8 Å². The predicted molar refractivity (Wildman–Crippen MR) is 79.0 cm³/mol. The van der Waals surface area contributed by atoms with Gasteiger partial charge in [0.25, 0.3) is 0 Å². The molecule has 0 unspecified atom stereocenters. The Kier molecular flexibility index (Phi) is 3.37. The van der Waals surface area contributed by atoms with Crippen molar-refractivity contribution in [3.63, 3.8) is 0 Å². The average Bonchev–Trinajstić information content (AvgIpc) is 2.74. The molecule has 1 aliphatic rings. The number of fused-ring (bicyclic) bond motifs is 1. The summed E-state index contributed by atoms with van der Waals surface area (Å²) in [5, 5.41) is 0. The second-order valence-corrected chi connectivity index (χ2v) is 5.26. The van der Waals surface area contributed by atoms with Crippen molar-refractivity contribution in [2.75, 3.05) is 12.0 Å². The molecule has 4 heteroatoms. The largest absolute Gasteiger partial charge is 0.494 e. The Balaban J connectivity index is 1.89. The number of amides is 1. The van der Waals surface area contributed by atoms with Crippen molar-refractivity contribution in [1.29, 1.82) is 0 Å². The van der Waals surface area contributed by atoms with Crippen LogP contribution in [0.4, 0.5) is 10.1 Å². The Hall–Kier alpha value is -2.36. The van der Waals surface area contributed by atoms with E-state index in [2.05, 4.69) is 0 Å². The summed E-state index contributed by atoms with van der Waals surface area (Å²) in [7, 11) is 1.43. The number of methoxy groups -OCH3 is 1. The van der Waals surface area contributed by atoms with E-state index in [1.54, 1.807) is 17.0 Å². The second kappa shape index (κ2) is 5.20. The molecular weight excluding hydrogens is 269 g/mol. The zero-order valence-corrected chi connectivity index (χ0v) is 12.0. The smallest absolute Gasteiger partial charge is 0.231 e. The zero-order chi connectivity index (χ0) is 15.0. The highest BCUT2D eigenvalue weighted by Gasteiger charge is 2.27. The molecule has 0 saturated carbocycles. The van der Waals surface area contributed by atoms with Gasteiger partial charge in [-0.25, -0.2) is 4.39 Å². The van der Waals surface area contributed by atoms with Gasteiger partial charge in [-0.15, -0.1) is 0 Å². The molecular formula is C17H16FNO2. The first-order valence-electron chi connectivity index (χ1n) is 6.81. The standard InChI is InChI=1S/C17H16FNO2/c1-11-3-5-15-13(7-11)9-17(20)19(15)10-12-4-6-16(21-2)14(18)8-12/h3-8H,9-10H2,1-2H3. The molecule has 1 amide bonds. The number of halogens is 1. The highest BCUT2D eigenvalue weighted by atomic mass is 19.1. The molecule has 3 nitrogen and oxygen atoms in total. The number of carbonyl (C=O) groups excluding carboxylic acids is 1. The average molecular weight is 285 g/mol. The summed E-state index contributed by atoms with van der Waals surface area (Å²) < 4.78 is 18.6. The highest BCUT2D eigenvalue weighted by molar-refractivity contribution is 6.01. The monoisotopic (exact) mass is 285 g/mol. The fourth-order valence-electron chi connectivity index (χ4n) is 2.68. The summed E-state index contributed by atoms with van der Waals surface area (Å²) in [5.41, 5.74) is 3.84. The number of rotatable bonds is 3. The topological polar surface area (TPSA) is 29.5 Å². The van der Waals surface area contributed by atoms with Gasteiger partial charge in [-0.3, -0.25) is 4.79 Å². The van der Waals surface area contributed by atoms with Crippen molar-refractivity contribution in [3.8, 4) is 5.75 Å². The molecule has 21 heavy (non-hydrogen) atoms. The summed E-state index contributed by atoms with van der Waals surface area (Å²) >= 11 is 0. The fraction of sp³-hybridized carbons (Fsp3) is 0.235. The molecule has 108 valence electrons. The van der Waals surface area contributed by atoms with Crippen molar-refractivity contribution in [1.82, 2.24) is 0 Å². The minimum Gasteiger partial charge on any atom is -0.494 e. The number of anilines is 1. The van der Waals surface area contributed by atoms with E-state index in [1.165, 1.54) is 13.2 Å². The Morgan fingerprint density at radius 1 is 1.24 bits per heavy atom. The van der Waals surface area contributed by atoms with Crippen LogP contribution < -0.4 is 9.64 Å². The number of ether oxygens (including phenoxy) is 1. The van der Waals surface area contributed by atoms with Crippen LogP contribution in [0.3, 0.4) is 0 Å². The summed E-state index contributed by atoms with van der Waals surface area (Å²) in [6.45, 7) is 2.38. The normalized spacial score (nSPS) is 13.5. The van der Waals surface area contributed by atoms with E-state index in [1.807, 2.05) is 25.1 Å². The van der Waals surface area contributed by atoms with Crippen LogP contribution in [-0.4, -0.2) is 13.0 Å². The molecule has 0 N–H and O–H groups in total. The summed E-state index contributed by atoms with van der Waals surface area (Å²) in [6.07, 6.45) is 0.412. The first-order chi connectivity index (χ1) is 10.1. The number of benzene rings is 2. The van der Waals surface area contributed by atoms with E-state index in [4.69, 9.17) is 4.74 Å². The van der Waals surface area contributed by atoms with Gasteiger partial charge in [-0.2, -0.15) is 0 Å². The maximum Gasteiger partial charge on any atom is 0.231 e. The second-order valence-electron chi connectivity index (χ2n) is 5.26. The van der Waals surface area contributed by atoms with Gasteiger partial charge in [0.05, 0.1) is 20.1 Å². The Morgan fingerprint density at radius 2 is 2.05 bits per heavy atom. The van der Waals surface area contributed by atoms with Crippen LogP contribution in [0.5, 0.6) is 5.75 Å². The molecule has 0 atom stereocenters. The maximum absolute atomic E-state index is 13.7. The molecule has 0 saturated heterocycles. The van der Waals surface area contributed by atoms with E-state index in [9.17, 15) is 9.18 Å². The molecule has 0 bridgehead atoms. The van der Waals surface area contributed by atoms with Crippen molar-refractivity contribution < 1.29 is 13.9 Å². The van der Waals surface area contributed by atoms with E-state index >= 15 is 0 Å². The van der Waals surface area contributed by atoms with Crippen LogP contribution in [0.2, 0.25) is 0 Å². The Morgan fingerprint density at radius 3 is 2.76 bits per heavy atom. The lowest BCUT2D eigenvalue weighted by Gasteiger charge is -2.18. The molecule has 0 spiro atoms. The first kappa shape index (κ1) is 13.6. The number of aryl methyl sites for hydroxylation is 1. The molecule has 0 aromatic heterocycles. The lowest BCUT2D eigenvalue weighted by molar-refractivity contribution is -0.117. The number of hydrogen-bond donors (Lipinski definition) is 0. The van der Waals surface area contributed by atoms with Crippen molar-refractivity contribution in [2.45, 2.75) is 19.9 Å². The van der Waals surface area contributed by atoms with Crippen LogP contribution >= 0.6 is 0 Å². The van der Waals surface area contributed by atoms with Gasteiger partial charge in [0.15, 0.2) is 11.6 Å². The summed E-state index contributed by atoms with van der Waals surface area (Å²) in [5.74, 6) is -0.153. The van der Waals surface area contributed by atoms with Gasteiger partial charge in [-0.05, 0) is 36.2 Å². The fourth-order valence-corrected chi connectivity index (χ4v) is 2.68. The van der Waals surface area contributed by atoms with Crippen molar-refractivity contribution in [2.24, 2.45) is 0 Å². The van der Waals surface area contributed by atoms with Crippen LogP contribution in [0, 0.1) is 12.7 Å². The van der Waals surface area contributed by atoms with Gasteiger partial charge in [-0.1, -0.05) is 23.8 Å². The van der Waals surface area contributed by atoms with Gasteiger partial charge < -0.3 is 9.64 Å². The van der Waals surface area contributed by atoms with Gasteiger partial charge in [0.2, 0.25) is 5.91 Å². The highest BCUT2D eigenvalue weighted by Crippen LogP contribution is 2.31. The third-order valence-electron chi connectivity index (χ3n) is 3.73. The van der Waals surface area contributed by atoms with Crippen LogP contribution in [0.15, 0.2) is 36.4 Å². The molecule has 1 heterocycles. The molecule has 3 rings (SSSR count). The van der Waals surface area contributed by atoms with Crippen LogP contribution in [0.25, 0.3) is 0 Å². The third kappa shape index (κ3) is 2.49. The summed E-state index contributed by atoms with van der Waals surface area (Å²) in [4.78, 5) is 13.9. The molecule has 2 aromatic rings. The quantitative estimate of drug-likeness (QED) is 0.866. The minimum atomic E-state index is -0.411. The van der Waals surface area contributed by atoms with E-state index in [0.29, 0.717) is 13.0 Å². The Bertz CT molecular complexity index is 712. The maximum atomic E-state index is 13.7. The molecule has 2 aromatic carbocycles.